The molecule has 4 nitrogen and oxygen atoms in total. The van der Waals surface area contributed by atoms with Gasteiger partial charge in [-0.3, -0.25) is 0 Å². The number of aromatic nitrogens is 4. The Labute approximate surface area is 134 Å². The van der Waals surface area contributed by atoms with Gasteiger partial charge in [0.25, 0.3) is 0 Å². The molecule has 0 spiro atoms. The van der Waals surface area contributed by atoms with Crippen molar-refractivity contribution < 1.29 is 13.2 Å². The van der Waals surface area contributed by atoms with Gasteiger partial charge in [-0.2, -0.15) is 18.3 Å². The number of alkyl halides is 3. The van der Waals surface area contributed by atoms with Crippen molar-refractivity contribution in [1.82, 2.24) is 20.0 Å². The number of halogens is 3. The number of hydrogen-bond acceptors (Lipinski definition) is 4. The van der Waals surface area contributed by atoms with Gasteiger partial charge in [0.15, 0.2) is 5.69 Å². The normalized spacial score (nSPS) is 11.6. The van der Waals surface area contributed by atoms with E-state index >= 15 is 0 Å². The zero-order valence-electron chi connectivity index (χ0n) is 11.7. The van der Waals surface area contributed by atoms with E-state index in [-0.39, 0.29) is 5.69 Å². The Morgan fingerprint density at radius 1 is 1.04 bits per heavy atom. The summed E-state index contributed by atoms with van der Waals surface area (Å²) >= 11 is 1.41. The summed E-state index contributed by atoms with van der Waals surface area (Å²) in [5, 5.41) is 8.56. The van der Waals surface area contributed by atoms with Crippen LogP contribution < -0.4 is 0 Å². The Morgan fingerprint density at radius 2 is 1.83 bits per heavy atom. The Hall–Kier alpha value is -2.35. The molecule has 118 valence electrons. The molecule has 0 aliphatic carbocycles. The van der Waals surface area contributed by atoms with Crippen LogP contribution in [0.3, 0.4) is 0 Å². The van der Waals surface area contributed by atoms with E-state index in [0.29, 0.717) is 10.8 Å². The average molecular weight is 336 g/mol. The van der Waals surface area contributed by atoms with Crippen molar-refractivity contribution >= 4 is 11.8 Å². The molecule has 0 bridgehead atoms. The molecule has 0 radical (unpaired) electrons. The Kier molecular flexibility index (Phi) is 4.33. The fourth-order valence-corrected chi connectivity index (χ4v) is 2.70. The van der Waals surface area contributed by atoms with Crippen molar-refractivity contribution in [3.8, 4) is 5.69 Å². The fraction of sp³-hybridized carbons (Fsp3) is 0.133. The first-order valence-electron chi connectivity index (χ1n) is 6.66. The van der Waals surface area contributed by atoms with Crippen LogP contribution in [0, 0.1) is 0 Å². The van der Waals surface area contributed by atoms with Crippen LogP contribution in [-0.2, 0) is 11.9 Å². The van der Waals surface area contributed by atoms with Crippen molar-refractivity contribution in [2.45, 2.75) is 17.0 Å². The van der Waals surface area contributed by atoms with Crippen LogP contribution >= 0.6 is 11.8 Å². The number of pyridine rings is 1. The van der Waals surface area contributed by atoms with Crippen LogP contribution in [0.4, 0.5) is 13.2 Å². The van der Waals surface area contributed by atoms with Crippen LogP contribution in [0.2, 0.25) is 0 Å². The molecule has 3 aromatic rings. The highest BCUT2D eigenvalue weighted by atomic mass is 32.2. The van der Waals surface area contributed by atoms with Crippen molar-refractivity contribution in [1.29, 1.82) is 0 Å². The van der Waals surface area contributed by atoms with E-state index in [1.807, 2.05) is 30.3 Å². The van der Waals surface area contributed by atoms with Crippen molar-refractivity contribution in [2.75, 3.05) is 0 Å². The predicted molar refractivity (Wildman–Crippen MR) is 80.2 cm³/mol. The highest BCUT2D eigenvalue weighted by Gasteiger charge is 2.36. The average Bonchev–Trinajstić information content (AvgIpc) is 3.02. The molecule has 2 aromatic heterocycles. The van der Waals surface area contributed by atoms with Gasteiger partial charge in [-0.1, -0.05) is 42.1 Å². The standard InChI is InChI=1S/C15H11F3N4S/c16-15(17,18)14-12(7-4-8-19-14)22-20-9-13(21-22)23-10-11-5-2-1-3-6-11/h1-9H,10H2. The summed E-state index contributed by atoms with van der Waals surface area (Å²) in [4.78, 5) is 4.36. The minimum atomic E-state index is -4.55. The summed E-state index contributed by atoms with van der Waals surface area (Å²) in [6, 6.07) is 12.4. The molecule has 0 fully saturated rings. The van der Waals surface area contributed by atoms with Crippen LogP contribution in [0.1, 0.15) is 11.3 Å². The number of hydrogen-bond donors (Lipinski definition) is 0. The van der Waals surface area contributed by atoms with E-state index in [1.165, 1.54) is 30.1 Å². The zero-order valence-corrected chi connectivity index (χ0v) is 12.6. The van der Waals surface area contributed by atoms with Crippen molar-refractivity contribution in [2.24, 2.45) is 0 Å². The van der Waals surface area contributed by atoms with Gasteiger partial charge in [0.1, 0.15) is 10.7 Å². The molecule has 8 heteroatoms. The molecule has 0 saturated heterocycles. The molecule has 0 aliphatic heterocycles. The third-order valence-corrected chi connectivity index (χ3v) is 3.93. The van der Waals surface area contributed by atoms with E-state index in [4.69, 9.17) is 0 Å². The number of rotatable bonds is 4. The summed E-state index contributed by atoms with van der Waals surface area (Å²) in [7, 11) is 0. The molecule has 23 heavy (non-hydrogen) atoms. The Balaban J connectivity index is 1.80. The Bertz CT molecular complexity index is 787. The number of nitrogens with zero attached hydrogens (tertiary/aromatic N) is 4. The summed E-state index contributed by atoms with van der Waals surface area (Å²) in [6.45, 7) is 0. The first-order chi connectivity index (χ1) is 11.0. The summed E-state index contributed by atoms with van der Waals surface area (Å²) in [5.74, 6) is 0.665. The van der Waals surface area contributed by atoms with Gasteiger partial charge >= 0.3 is 6.18 Å². The first kappa shape index (κ1) is 15.5. The molecule has 0 aliphatic rings. The van der Waals surface area contributed by atoms with Crippen LogP contribution in [0.5, 0.6) is 0 Å². The lowest BCUT2D eigenvalue weighted by Gasteiger charge is -2.09. The van der Waals surface area contributed by atoms with Gasteiger partial charge in [0.2, 0.25) is 0 Å². The lowest BCUT2D eigenvalue weighted by atomic mass is 10.2. The maximum Gasteiger partial charge on any atom is 0.435 e. The number of thioether (sulfide) groups is 1. The molecular weight excluding hydrogens is 325 g/mol. The zero-order chi connectivity index (χ0) is 16.3. The molecule has 0 N–H and O–H groups in total. The molecule has 0 saturated carbocycles. The lowest BCUT2D eigenvalue weighted by Crippen LogP contribution is -2.14. The van der Waals surface area contributed by atoms with Gasteiger partial charge in [0, 0.05) is 11.9 Å². The topological polar surface area (TPSA) is 43.6 Å². The van der Waals surface area contributed by atoms with Crippen molar-refractivity contribution in [3.63, 3.8) is 0 Å². The second-order valence-corrected chi connectivity index (χ2v) is 5.61. The highest BCUT2D eigenvalue weighted by Crippen LogP contribution is 2.31. The molecule has 0 unspecified atom stereocenters. The monoisotopic (exact) mass is 336 g/mol. The maximum absolute atomic E-state index is 13.0. The third-order valence-electron chi connectivity index (χ3n) is 2.97. The highest BCUT2D eigenvalue weighted by molar-refractivity contribution is 7.98. The van der Waals surface area contributed by atoms with Crippen molar-refractivity contribution in [3.05, 3.63) is 66.1 Å². The van der Waals surface area contributed by atoms with Gasteiger partial charge in [-0.05, 0) is 17.7 Å². The predicted octanol–water partition coefficient (Wildman–Crippen LogP) is 3.97. The van der Waals surface area contributed by atoms with Gasteiger partial charge in [0.05, 0.1) is 6.20 Å². The van der Waals surface area contributed by atoms with Gasteiger partial charge in [-0.15, -0.1) is 9.90 Å². The molecule has 1 aromatic carbocycles. The largest absolute Gasteiger partial charge is 0.435 e. The van der Waals surface area contributed by atoms with E-state index < -0.39 is 11.9 Å². The third kappa shape index (κ3) is 3.70. The van der Waals surface area contributed by atoms with E-state index in [0.717, 1.165) is 16.6 Å². The van der Waals surface area contributed by atoms with E-state index in [2.05, 4.69) is 15.2 Å². The molecule has 2 heterocycles. The quantitative estimate of drug-likeness (QED) is 0.676. The summed E-state index contributed by atoms with van der Waals surface area (Å²) in [6.07, 6.45) is -2.01. The number of benzene rings is 1. The maximum atomic E-state index is 13.0. The second-order valence-electron chi connectivity index (χ2n) is 4.62. The van der Waals surface area contributed by atoms with Crippen LogP contribution in [0.25, 0.3) is 5.69 Å². The summed E-state index contributed by atoms with van der Waals surface area (Å²) in [5.41, 5.74) is -0.0915. The van der Waals surface area contributed by atoms with Crippen LogP contribution in [-0.4, -0.2) is 20.0 Å². The molecular formula is C15H11F3N4S. The molecule has 3 rings (SSSR count). The lowest BCUT2D eigenvalue weighted by molar-refractivity contribution is -0.141. The van der Waals surface area contributed by atoms with Crippen LogP contribution in [0.15, 0.2) is 59.9 Å². The Morgan fingerprint density at radius 3 is 2.57 bits per heavy atom. The molecule has 0 atom stereocenters. The SMILES string of the molecule is FC(F)(F)c1ncccc1-n1ncc(SCc2ccccc2)n1. The minimum absolute atomic E-state index is 0.188. The van der Waals surface area contributed by atoms with E-state index in [9.17, 15) is 13.2 Å². The minimum Gasteiger partial charge on any atom is -0.250 e. The second kappa shape index (κ2) is 6.41. The summed E-state index contributed by atoms with van der Waals surface area (Å²) < 4.78 is 38.9. The first-order valence-corrected chi connectivity index (χ1v) is 7.64. The van der Waals surface area contributed by atoms with E-state index in [1.54, 1.807) is 0 Å². The fourth-order valence-electron chi connectivity index (χ4n) is 1.94. The molecule has 0 amide bonds. The van der Waals surface area contributed by atoms with Gasteiger partial charge < -0.3 is 0 Å². The van der Waals surface area contributed by atoms with Gasteiger partial charge in [-0.25, -0.2) is 4.98 Å². The smallest absolute Gasteiger partial charge is 0.250 e.